The first-order valence-corrected chi connectivity index (χ1v) is 12.3. The Bertz CT molecular complexity index is 1710. The minimum Gasteiger partial charge on any atom is -0.438 e. The number of carbonyl (C=O) groups excluding carboxylic acids is 2. The smallest absolute Gasteiger partial charge is 0.258 e. The van der Waals surface area contributed by atoms with Crippen molar-refractivity contribution in [2.24, 2.45) is 0 Å². The number of hydrogen-bond donors (Lipinski definition) is 2. The van der Waals surface area contributed by atoms with Crippen molar-refractivity contribution in [2.75, 3.05) is 10.6 Å². The molecule has 3 aromatic heterocycles. The Balaban J connectivity index is 1.13. The highest BCUT2D eigenvalue weighted by Crippen LogP contribution is 2.47. The number of anilines is 2. The summed E-state index contributed by atoms with van der Waals surface area (Å²) >= 11 is 0. The van der Waals surface area contributed by atoms with E-state index in [1.807, 2.05) is 18.2 Å². The maximum Gasteiger partial charge on any atom is 0.258 e. The lowest BCUT2D eigenvalue weighted by Crippen LogP contribution is -2.13. The Morgan fingerprint density at radius 1 is 0.949 bits per heavy atom. The molecule has 1 fully saturated rings. The van der Waals surface area contributed by atoms with Crippen molar-refractivity contribution >= 4 is 29.0 Å². The third-order valence-corrected chi connectivity index (χ3v) is 6.66. The van der Waals surface area contributed by atoms with E-state index < -0.39 is 11.9 Å². The number of fused-ring (bicyclic) bond motifs is 1. The minimum absolute atomic E-state index is 0.180. The van der Waals surface area contributed by atoms with E-state index in [0.29, 0.717) is 22.6 Å². The number of nitrogens with zero attached hydrogens (tertiary/aromatic N) is 4. The summed E-state index contributed by atoms with van der Waals surface area (Å²) in [6.45, 7) is 2.21. The molecule has 194 valence electrons. The molecule has 2 amide bonds. The average Bonchev–Trinajstić information content (AvgIpc) is 3.56. The predicted octanol–water partition coefficient (Wildman–Crippen LogP) is 5.61. The Kier molecular flexibility index (Phi) is 5.99. The van der Waals surface area contributed by atoms with Gasteiger partial charge in [-0.15, -0.1) is 5.10 Å². The summed E-state index contributed by atoms with van der Waals surface area (Å²) in [6, 6.07) is 20.6. The van der Waals surface area contributed by atoms with Gasteiger partial charge in [-0.1, -0.05) is 25.1 Å². The van der Waals surface area contributed by atoms with Crippen LogP contribution in [0.25, 0.3) is 5.65 Å². The lowest BCUT2D eigenvalue weighted by atomic mass is 9.96. The summed E-state index contributed by atoms with van der Waals surface area (Å²) in [6.07, 6.45) is 4.95. The molecule has 0 aliphatic heterocycles. The van der Waals surface area contributed by atoms with Gasteiger partial charge in [-0.3, -0.25) is 9.59 Å². The van der Waals surface area contributed by atoms with Gasteiger partial charge in [0.2, 0.25) is 11.8 Å². The van der Waals surface area contributed by atoms with Crippen LogP contribution in [0.15, 0.2) is 85.2 Å². The van der Waals surface area contributed by atoms with Crippen LogP contribution in [0.4, 0.5) is 15.9 Å². The first-order valence-electron chi connectivity index (χ1n) is 12.3. The van der Waals surface area contributed by atoms with Crippen LogP contribution >= 0.6 is 0 Å². The molecule has 10 heteroatoms. The van der Waals surface area contributed by atoms with Crippen molar-refractivity contribution in [3.63, 3.8) is 0 Å². The van der Waals surface area contributed by atoms with Crippen LogP contribution in [0.5, 0.6) is 11.6 Å². The fourth-order valence-electron chi connectivity index (χ4n) is 4.15. The lowest BCUT2D eigenvalue weighted by molar-refractivity contribution is 0.101. The molecule has 6 rings (SSSR count). The van der Waals surface area contributed by atoms with Crippen LogP contribution in [0, 0.1) is 5.95 Å². The van der Waals surface area contributed by atoms with Crippen molar-refractivity contribution in [3.05, 3.63) is 108 Å². The maximum absolute atomic E-state index is 13.0. The zero-order chi connectivity index (χ0) is 27.0. The highest BCUT2D eigenvalue weighted by molar-refractivity contribution is 6.04. The molecule has 0 radical (unpaired) electrons. The Labute approximate surface area is 222 Å². The molecule has 1 aliphatic carbocycles. The molecule has 39 heavy (non-hydrogen) atoms. The molecule has 1 saturated carbocycles. The summed E-state index contributed by atoms with van der Waals surface area (Å²) in [4.78, 5) is 33.1. The maximum atomic E-state index is 13.0. The van der Waals surface area contributed by atoms with Crippen molar-refractivity contribution in [1.29, 1.82) is 0 Å². The number of ether oxygens (including phenoxy) is 1. The molecule has 2 N–H and O–H groups in total. The van der Waals surface area contributed by atoms with E-state index in [4.69, 9.17) is 4.74 Å². The van der Waals surface area contributed by atoms with Crippen LogP contribution < -0.4 is 15.4 Å². The summed E-state index contributed by atoms with van der Waals surface area (Å²) < 4.78 is 20.4. The SMILES string of the molecule is CC1(c2cccc(C(=O)Nc3cccc(Oc4ccc5nc(NC(=O)c6ccc(F)nc6)cn5n4)c3)c2)CC1. The molecule has 2 aromatic carbocycles. The minimum atomic E-state index is -0.669. The molecule has 5 aromatic rings. The Hall–Kier alpha value is -5.12. The van der Waals surface area contributed by atoms with Gasteiger partial charge in [0, 0.05) is 29.6 Å². The topological polar surface area (TPSA) is 111 Å². The van der Waals surface area contributed by atoms with Gasteiger partial charge in [0.05, 0.1) is 11.8 Å². The number of nitrogens with one attached hydrogen (secondary N) is 2. The van der Waals surface area contributed by atoms with E-state index >= 15 is 0 Å². The van der Waals surface area contributed by atoms with Gasteiger partial charge in [-0.05, 0) is 66.3 Å². The number of halogens is 1. The average molecular weight is 523 g/mol. The number of aromatic nitrogens is 4. The van der Waals surface area contributed by atoms with Gasteiger partial charge in [-0.25, -0.2) is 14.5 Å². The molecule has 9 nitrogen and oxygen atoms in total. The van der Waals surface area contributed by atoms with E-state index in [9.17, 15) is 14.0 Å². The zero-order valence-corrected chi connectivity index (χ0v) is 20.9. The molecule has 0 atom stereocenters. The van der Waals surface area contributed by atoms with Crippen molar-refractivity contribution < 1.29 is 18.7 Å². The van der Waals surface area contributed by atoms with E-state index in [1.54, 1.807) is 36.4 Å². The summed E-state index contributed by atoms with van der Waals surface area (Å²) in [5.74, 6) is -0.307. The van der Waals surface area contributed by atoms with Gasteiger partial charge < -0.3 is 15.4 Å². The largest absolute Gasteiger partial charge is 0.438 e. The molecule has 1 aliphatic rings. The lowest BCUT2D eigenvalue weighted by Gasteiger charge is -2.12. The normalized spacial score (nSPS) is 13.6. The summed E-state index contributed by atoms with van der Waals surface area (Å²) in [5, 5.41) is 9.96. The van der Waals surface area contributed by atoms with Gasteiger partial charge in [0.1, 0.15) is 5.75 Å². The number of carbonyl (C=O) groups is 2. The van der Waals surface area contributed by atoms with Crippen LogP contribution in [0.1, 0.15) is 46.0 Å². The Morgan fingerprint density at radius 3 is 2.56 bits per heavy atom. The summed E-state index contributed by atoms with van der Waals surface area (Å²) in [7, 11) is 0. The number of hydrogen-bond acceptors (Lipinski definition) is 6. The number of benzene rings is 2. The van der Waals surface area contributed by atoms with Crippen molar-refractivity contribution in [2.45, 2.75) is 25.2 Å². The number of rotatable bonds is 7. The summed E-state index contributed by atoms with van der Waals surface area (Å²) in [5.41, 5.74) is 3.24. The molecular weight excluding hydrogens is 499 g/mol. The van der Waals surface area contributed by atoms with Gasteiger partial charge in [-0.2, -0.15) is 4.39 Å². The van der Waals surface area contributed by atoms with Crippen LogP contribution in [0.2, 0.25) is 0 Å². The standard InChI is InChI=1S/C29H23FN6O3/c1-29(12-13-29)20-5-2-4-18(14-20)27(37)32-21-6-3-7-22(15-21)39-26-11-10-25-33-24(17-36(25)35-26)34-28(38)19-8-9-23(30)31-16-19/h2-11,14-17H,12-13H2,1H3,(H,32,37)(H,34,38). The van der Waals surface area contributed by atoms with Crippen LogP contribution in [-0.2, 0) is 5.41 Å². The highest BCUT2D eigenvalue weighted by atomic mass is 19.1. The second-order valence-electron chi connectivity index (χ2n) is 9.65. The van der Waals surface area contributed by atoms with E-state index in [0.717, 1.165) is 25.1 Å². The zero-order valence-electron chi connectivity index (χ0n) is 20.9. The quantitative estimate of drug-likeness (QED) is 0.269. The third-order valence-electron chi connectivity index (χ3n) is 6.66. The number of imidazole rings is 1. The molecule has 0 unspecified atom stereocenters. The fourth-order valence-corrected chi connectivity index (χ4v) is 4.15. The van der Waals surface area contributed by atoms with Gasteiger partial charge >= 0.3 is 0 Å². The van der Waals surface area contributed by atoms with Gasteiger partial charge in [0.25, 0.3) is 11.8 Å². The molecule has 0 bridgehead atoms. The highest BCUT2D eigenvalue weighted by Gasteiger charge is 2.39. The molecule has 3 heterocycles. The molecular formula is C29H23FN6O3. The van der Waals surface area contributed by atoms with E-state index in [-0.39, 0.29) is 28.6 Å². The predicted molar refractivity (Wildman–Crippen MR) is 143 cm³/mol. The van der Waals surface area contributed by atoms with Gasteiger partial charge in [0.15, 0.2) is 11.5 Å². The second kappa shape index (κ2) is 9.64. The first kappa shape index (κ1) is 24.2. The second-order valence-corrected chi connectivity index (χ2v) is 9.65. The molecule has 0 spiro atoms. The van der Waals surface area contributed by atoms with Crippen LogP contribution in [-0.4, -0.2) is 31.4 Å². The monoisotopic (exact) mass is 522 g/mol. The van der Waals surface area contributed by atoms with E-state index in [1.165, 1.54) is 22.3 Å². The Morgan fingerprint density at radius 2 is 1.77 bits per heavy atom. The molecule has 0 saturated heterocycles. The third kappa shape index (κ3) is 5.30. The van der Waals surface area contributed by atoms with Crippen LogP contribution in [0.3, 0.4) is 0 Å². The van der Waals surface area contributed by atoms with E-state index in [2.05, 4.69) is 38.7 Å². The first-order chi connectivity index (χ1) is 18.8. The number of pyridine rings is 1. The van der Waals surface area contributed by atoms with Crippen molar-refractivity contribution in [3.8, 4) is 11.6 Å². The number of amides is 2. The fraction of sp³-hybridized carbons (Fsp3) is 0.138. The van der Waals surface area contributed by atoms with Crippen molar-refractivity contribution in [1.82, 2.24) is 19.6 Å².